The SMILES string of the molecule is Cc1nccn1-c1ccc(NC(C)CC2CCCN2)cn1. The lowest BCUT2D eigenvalue weighted by Gasteiger charge is -2.19. The number of pyridine rings is 1. The molecule has 0 spiro atoms. The molecule has 0 amide bonds. The van der Waals surface area contributed by atoms with E-state index in [9.17, 15) is 0 Å². The van der Waals surface area contributed by atoms with Crippen molar-refractivity contribution in [2.75, 3.05) is 11.9 Å². The number of aromatic nitrogens is 3. The second kappa shape index (κ2) is 6.26. The Bertz CT molecular complexity index is 569. The van der Waals surface area contributed by atoms with Gasteiger partial charge in [-0.05, 0) is 51.8 Å². The summed E-state index contributed by atoms with van der Waals surface area (Å²) >= 11 is 0. The molecule has 1 aliphatic heterocycles. The van der Waals surface area contributed by atoms with Gasteiger partial charge in [0, 0.05) is 24.5 Å². The van der Waals surface area contributed by atoms with Gasteiger partial charge in [0.1, 0.15) is 11.6 Å². The first-order valence-electron chi connectivity index (χ1n) is 7.68. The summed E-state index contributed by atoms with van der Waals surface area (Å²) in [5, 5.41) is 7.07. The second-order valence-electron chi connectivity index (χ2n) is 5.82. The van der Waals surface area contributed by atoms with Crippen LogP contribution < -0.4 is 10.6 Å². The predicted octanol–water partition coefficient (Wildman–Crippen LogP) is 2.52. The van der Waals surface area contributed by atoms with E-state index in [-0.39, 0.29) is 0 Å². The van der Waals surface area contributed by atoms with Crippen molar-refractivity contribution in [3.8, 4) is 5.82 Å². The Labute approximate surface area is 125 Å². The van der Waals surface area contributed by atoms with E-state index in [1.165, 1.54) is 12.8 Å². The molecule has 5 heteroatoms. The van der Waals surface area contributed by atoms with Crippen molar-refractivity contribution in [2.45, 2.75) is 45.2 Å². The van der Waals surface area contributed by atoms with Crippen LogP contribution in [0.2, 0.25) is 0 Å². The van der Waals surface area contributed by atoms with Crippen LogP contribution in [0, 0.1) is 6.92 Å². The zero-order valence-electron chi connectivity index (χ0n) is 12.7. The maximum Gasteiger partial charge on any atom is 0.138 e. The number of imidazole rings is 1. The van der Waals surface area contributed by atoms with Crippen LogP contribution in [0.5, 0.6) is 0 Å². The molecule has 0 aliphatic carbocycles. The Morgan fingerprint density at radius 2 is 2.33 bits per heavy atom. The third-order valence-corrected chi connectivity index (χ3v) is 4.03. The van der Waals surface area contributed by atoms with Crippen molar-refractivity contribution in [2.24, 2.45) is 0 Å². The molecule has 1 fully saturated rings. The topological polar surface area (TPSA) is 54.8 Å². The average Bonchev–Trinajstić information content (AvgIpc) is 3.11. The molecule has 1 aliphatic rings. The molecule has 112 valence electrons. The number of nitrogens with one attached hydrogen (secondary N) is 2. The van der Waals surface area contributed by atoms with E-state index in [0.29, 0.717) is 12.1 Å². The Kier molecular flexibility index (Phi) is 4.20. The molecule has 2 unspecified atom stereocenters. The van der Waals surface area contributed by atoms with Crippen molar-refractivity contribution in [1.29, 1.82) is 0 Å². The van der Waals surface area contributed by atoms with E-state index in [4.69, 9.17) is 0 Å². The lowest BCUT2D eigenvalue weighted by molar-refractivity contribution is 0.523. The molecule has 0 aromatic carbocycles. The van der Waals surface area contributed by atoms with Crippen LogP contribution in [-0.4, -0.2) is 33.2 Å². The molecule has 3 heterocycles. The minimum atomic E-state index is 0.447. The van der Waals surface area contributed by atoms with Crippen molar-refractivity contribution in [1.82, 2.24) is 19.9 Å². The van der Waals surface area contributed by atoms with Gasteiger partial charge in [0.05, 0.1) is 11.9 Å². The zero-order valence-corrected chi connectivity index (χ0v) is 12.7. The predicted molar refractivity (Wildman–Crippen MR) is 84.8 cm³/mol. The van der Waals surface area contributed by atoms with Crippen LogP contribution in [0.4, 0.5) is 5.69 Å². The van der Waals surface area contributed by atoms with Gasteiger partial charge in [0.2, 0.25) is 0 Å². The lowest BCUT2D eigenvalue weighted by Crippen LogP contribution is -2.29. The van der Waals surface area contributed by atoms with Crippen LogP contribution >= 0.6 is 0 Å². The fraction of sp³-hybridized carbons (Fsp3) is 0.500. The maximum absolute atomic E-state index is 4.51. The van der Waals surface area contributed by atoms with E-state index in [0.717, 1.165) is 30.3 Å². The normalized spacial score (nSPS) is 19.6. The number of anilines is 1. The standard InChI is InChI=1S/C16H23N5/c1-12(10-14-4-3-7-18-14)20-15-5-6-16(19-11-15)21-9-8-17-13(21)2/h5-6,8-9,11-12,14,18,20H,3-4,7,10H2,1-2H3. The van der Waals surface area contributed by atoms with Gasteiger partial charge in [-0.3, -0.25) is 4.57 Å². The molecule has 0 saturated carbocycles. The van der Waals surface area contributed by atoms with Crippen molar-refractivity contribution in [3.63, 3.8) is 0 Å². The summed E-state index contributed by atoms with van der Waals surface area (Å²) < 4.78 is 1.98. The Balaban J connectivity index is 1.60. The van der Waals surface area contributed by atoms with Crippen molar-refractivity contribution < 1.29 is 0 Å². The first-order valence-corrected chi connectivity index (χ1v) is 7.68. The largest absolute Gasteiger partial charge is 0.381 e. The highest BCUT2D eigenvalue weighted by atomic mass is 15.1. The quantitative estimate of drug-likeness (QED) is 0.886. The maximum atomic E-state index is 4.51. The molecule has 21 heavy (non-hydrogen) atoms. The smallest absolute Gasteiger partial charge is 0.138 e. The minimum Gasteiger partial charge on any atom is -0.381 e. The molecular weight excluding hydrogens is 262 g/mol. The number of hydrogen-bond donors (Lipinski definition) is 2. The fourth-order valence-corrected chi connectivity index (χ4v) is 2.96. The molecule has 5 nitrogen and oxygen atoms in total. The highest BCUT2D eigenvalue weighted by Gasteiger charge is 2.16. The summed E-state index contributed by atoms with van der Waals surface area (Å²) in [6.45, 7) is 5.37. The minimum absolute atomic E-state index is 0.447. The molecule has 3 rings (SSSR count). The molecule has 2 aromatic rings. The van der Waals surface area contributed by atoms with Crippen molar-refractivity contribution in [3.05, 3.63) is 36.5 Å². The average molecular weight is 285 g/mol. The lowest BCUT2D eigenvalue weighted by atomic mass is 10.1. The summed E-state index contributed by atoms with van der Waals surface area (Å²) in [6, 6.07) is 5.22. The second-order valence-corrected chi connectivity index (χ2v) is 5.82. The van der Waals surface area contributed by atoms with Crippen LogP contribution in [-0.2, 0) is 0 Å². The van der Waals surface area contributed by atoms with Gasteiger partial charge in [-0.1, -0.05) is 0 Å². The van der Waals surface area contributed by atoms with E-state index in [1.54, 1.807) is 6.20 Å². The molecule has 0 bridgehead atoms. The van der Waals surface area contributed by atoms with Crippen LogP contribution in [0.1, 0.15) is 32.0 Å². The zero-order chi connectivity index (χ0) is 14.7. The summed E-state index contributed by atoms with van der Waals surface area (Å²) in [7, 11) is 0. The number of hydrogen-bond acceptors (Lipinski definition) is 4. The Morgan fingerprint density at radius 1 is 1.43 bits per heavy atom. The van der Waals surface area contributed by atoms with E-state index < -0.39 is 0 Å². The summed E-state index contributed by atoms with van der Waals surface area (Å²) in [4.78, 5) is 8.73. The Morgan fingerprint density at radius 3 is 2.95 bits per heavy atom. The van der Waals surface area contributed by atoms with E-state index >= 15 is 0 Å². The van der Waals surface area contributed by atoms with Gasteiger partial charge < -0.3 is 10.6 Å². The number of nitrogens with zero attached hydrogens (tertiary/aromatic N) is 3. The highest BCUT2D eigenvalue weighted by molar-refractivity contribution is 5.44. The fourth-order valence-electron chi connectivity index (χ4n) is 2.96. The van der Waals surface area contributed by atoms with Crippen LogP contribution in [0.15, 0.2) is 30.7 Å². The highest BCUT2D eigenvalue weighted by Crippen LogP contribution is 2.16. The monoisotopic (exact) mass is 285 g/mol. The molecular formula is C16H23N5. The number of rotatable bonds is 5. The van der Waals surface area contributed by atoms with Crippen LogP contribution in [0.3, 0.4) is 0 Å². The van der Waals surface area contributed by atoms with E-state index in [2.05, 4.69) is 33.6 Å². The third-order valence-electron chi connectivity index (χ3n) is 4.03. The van der Waals surface area contributed by atoms with Gasteiger partial charge in [0.15, 0.2) is 0 Å². The van der Waals surface area contributed by atoms with Gasteiger partial charge >= 0.3 is 0 Å². The first-order chi connectivity index (χ1) is 10.2. The summed E-state index contributed by atoms with van der Waals surface area (Å²) in [5.41, 5.74) is 1.07. The molecule has 2 atom stereocenters. The molecule has 1 saturated heterocycles. The molecule has 2 N–H and O–H groups in total. The third kappa shape index (κ3) is 3.42. The van der Waals surface area contributed by atoms with Gasteiger partial charge in [-0.2, -0.15) is 0 Å². The first kappa shape index (κ1) is 14.1. The van der Waals surface area contributed by atoms with Gasteiger partial charge in [-0.25, -0.2) is 9.97 Å². The van der Waals surface area contributed by atoms with E-state index in [1.807, 2.05) is 30.0 Å². The van der Waals surface area contributed by atoms with Gasteiger partial charge in [-0.15, -0.1) is 0 Å². The molecule has 0 radical (unpaired) electrons. The Hall–Kier alpha value is -1.88. The molecule has 2 aromatic heterocycles. The summed E-state index contributed by atoms with van der Waals surface area (Å²) in [6.07, 6.45) is 9.37. The number of aryl methyl sites for hydroxylation is 1. The van der Waals surface area contributed by atoms with Crippen molar-refractivity contribution >= 4 is 5.69 Å². The van der Waals surface area contributed by atoms with Gasteiger partial charge in [0.25, 0.3) is 0 Å². The summed E-state index contributed by atoms with van der Waals surface area (Å²) in [5.74, 6) is 1.85. The van der Waals surface area contributed by atoms with Crippen LogP contribution in [0.25, 0.3) is 5.82 Å².